The van der Waals surface area contributed by atoms with Crippen molar-refractivity contribution >= 4 is 5.91 Å². The van der Waals surface area contributed by atoms with E-state index in [-0.39, 0.29) is 18.4 Å². The van der Waals surface area contributed by atoms with Gasteiger partial charge in [-0.05, 0) is 5.92 Å². The standard InChI is InChI=1S/C16H30N2O5/c1-12(2)7-17(8-13-10-23-11-14(19)16(13)21)9-15(20)18-3-5-22-6-4-18/h12-14,16,19,21H,3-11H2,1-2H3/t13-,14-,16+/m1/s1. The molecule has 1 amide bonds. The summed E-state index contributed by atoms with van der Waals surface area (Å²) in [4.78, 5) is 16.4. The van der Waals surface area contributed by atoms with Gasteiger partial charge in [-0.15, -0.1) is 0 Å². The topological polar surface area (TPSA) is 82.5 Å². The van der Waals surface area contributed by atoms with Crippen molar-refractivity contribution in [2.45, 2.75) is 26.1 Å². The molecule has 0 saturated carbocycles. The molecule has 0 bridgehead atoms. The minimum Gasteiger partial charge on any atom is -0.390 e. The van der Waals surface area contributed by atoms with Crippen LogP contribution in [0.5, 0.6) is 0 Å². The van der Waals surface area contributed by atoms with Gasteiger partial charge in [0.15, 0.2) is 0 Å². The van der Waals surface area contributed by atoms with E-state index in [1.54, 1.807) is 0 Å². The first-order valence-corrected chi connectivity index (χ1v) is 8.49. The molecule has 2 aliphatic heterocycles. The molecule has 2 N–H and O–H groups in total. The predicted octanol–water partition coefficient (Wildman–Crippen LogP) is -0.829. The van der Waals surface area contributed by atoms with E-state index < -0.39 is 12.2 Å². The van der Waals surface area contributed by atoms with E-state index >= 15 is 0 Å². The summed E-state index contributed by atoms with van der Waals surface area (Å²) in [6.45, 7) is 8.93. The Morgan fingerprint density at radius 2 is 1.91 bits per heavy atom. The lowest BCUT2D eigenvalue weighted by atomic mass is 9.95. The highest BCUT2D eigenvalue weighted by atomic mass is 16.5. The lowest BCUT2D eigenvalue weighted by molar-refractivity contribution is -0.140. The normalized spacial score (nSPS) is 29.3. The van der Waals surface area contributed by atoms with Gasteiger partial charge < -0.3 is 24.6 Å². The SMILES string of the molecule is CC(C)CN(CC(=O)N1CCOCC1)C[C@@H]1COC[C@@H](O)[C@H]1O. The van der Waals surface area contributed by atoms with Crippen LogP contribution in [0.25, 0.3) is 0 Å². The van der Waals surface area contributed by atoms with Gasteiger partial charge in [0.05, 0.1) is 39.1 Å². The Labute approximate surface area is 138 Å². The van der Waals surface area contributed by atoms with Crippen LogP contribution < -0.4 is 0 Å². The Morgan fingerprint density at radius 1 is 1.22 bits per heavy atom. The number of morpholine rings is 1. The molecule has 3 atom stereocenters. The van der Waals surface area contributed by atoms with Crippen LogP contribution >= 0.6 is 0 Å². The molecule has 7 heteroatoms. The van der Waals surface area contributed by atoms with Crippen molar-refractivity contribution in [1.82, 2.24) is 9.80 Å². The summed E-state index contributed by atoms with van der Waals surface area (Å²) in [5.74, 6) is 0.342. The molecule has 2 aliphatic rings. The van der Waals surface area contributed by atoms with E-state index in [9.17, 15) is 15.0 Å². The van der Waals surface area contributed by atoms with Gasteiger partial charge in [0.25, 0.3) is 0 Å². The van der Waals surface area contributed by atoms with Crippen LogP contribution in [0.3, 0.4) is 0 Å². The predicted molar refractivity (Wildman–Crippen MR) is 85.0 cm³/mol. The number of carbonyl (C=O) groups excluding carboxylic acids is 1. The molecule has 0 unspecified atom stereocenters. The first-order valence-electron chi connectivity index (χ1n) is 8.49. The van der Waals surface area contributed by atoms with Crippen LogP contribution in [-0.2, 0) is 14.3 Å². The zero-order valence-electron chi connectivity index (χ0n) is 14.2. The van der Waals surface area contributed by atoms with E-state index in [2.05, 4.69) is 18.7 Å². The molecule has 0 radical (unpaired) electrons. The number of aliphatic hydroxyl groups is 2. The number of hydrogen-bond donors (Lipinski definition) is 2. The summed E-state index contributed by atoms with van der Waals surface area (Å²) in [5.41, 5.74) is 0. The van der Waals surface area contributed by atoms with E-state index in [1.807, 2.05) is 4.90 Å². The molecule has 0 aliphatic carbocycles. The molecule has 2 rings (SSSR count). The van der Waals surface area contributed by atoms with Crippen LogP contribution in [0.4, 0.5) is 0 Å². The Hall–Kier alpha value is -0.730. The van der Waals surface area contributed by atoms with Crippen molar-refractivity contribution in [1.29, 1.82) is 0 Å². The van der Waals surface area contributed by atoms with E-state index in [0.29, 0.717) is 51.9 Å². The number of amides is 1. The average Bonchev–Trinajstić information content (AvgIpc) is 2.52. The zero-order chi connectivity index (χ0) is 16.8. The quantitative estimate of drug-likeness (QED) is 0.662. The van der Waals surface area contributed by atoms with Crippen molar-refractivity contribution in [2.24, 2.45) is 11.8 Å². The molecule has 0 aromatic heterocycles. The molecule has 2 saturated heterocycles. The van der Waals surface area contributed by atoms with Gasteiger partial charge in [-0.25, -0.2) is 0 Å². The Bertz CT molecular complexity index is 373. The zero-order valence-corrected chi connectivity index (χ0v) is 14.2. The first-order chi connectivity index (χ1) is 11.0. The van der Waals surface area contributed by atoms with Crippen molar-refractivity contribution in [3.63, 3.8) is 0 Å². The molecule has 134 valence electrons. The maximum atomic E-state index is 12.5. The molecular weight excluding hydrogens is 300 g/mol. The molecule has 23 heavy (non-hydrogen) atoms. The van der Waals surface area contributed by atoms with Crippen LogP contribution in [0.2, 0.25) is 0 Å². The first kappa shape index (κ1) is 18.6. The lowest BCUT2D eigenvalue weighted by Gasteiger charge is -2.36. The molecule has 2 fully saturated rings. The molecule has 2 heterocycles. The van der Waals surface area contributed by atoms with Gasteiger partial charge in [-0.2, -0.15) is 0 Å². The number of hydrogen-bond acceptors (Lipinski definition) is 6. The summed E-state index contributed by atoms with van der Waals surface area (Å²) in [7, 11) is 0. The fourth-order valence-electron chi connectivity index (χ4n) is 3.17. The maximum Gasteiger partial charge on any atom is 0.236 e. The van der Waals surface area contributed by atoms with Crippen LogP contribution in [0.15, 0.2) is 0 Å². The van der Waals surface area contributed by atoms with Gasteiger partial charge in [0.2, 0.25) is 5.91 Å². The third-order valence-corrected chi connectivity index (χ3v) is 4.34. The third kappa shape index (κ3) is 5.69. The summed E-state index contributed by atoms with van der Waals surface area (Å²) >= 11 is 0. The molecule has 0 spiro atoms. The molecule has 7 nitrogen and oxygen atoms in total. The Balaban J connectivity index is 1.91. The Kier molecular flexibility index (Phi) is 7.23. The summed E-state index contributed by atoms with van der Waals surface area (Å²) in [5, 5.41) is 19.9. The van der Waals surface area contributed by atoms with Crippen LogP contribution in [-0.4, -0.2) is 97.3 Å². The van der Waals surface area contributed by atoms with Gasteiger partial charge in [-0.3, -0.25) is 9.69 Å². The van der Waals surface area contributed by atoms with Gasteiger partial charge in [0, 0.05) is 32.1 Å². The summed E-state index contributed by atoms with van der Waals surface area (Å²) in [6, 6.07) is 0. The van der Waals surface area contributed by atoms with E-state index in [1.165, 1.54) is 0 Å². The highest BCUT2D eigenvalue weighted by molar-refractivity contribution is 5.78. The molecule has 0 aromatic carbocycles. The Morgan fingerprint density at radius 3 is 2.57 bits per heavy atom. The van der Waals surface area contributed by atoms with Crippen molar-refractivity contribution < 1.29 is 24.5 Å². The van der Waals surface area contributed by atoms with Crippen molar-refractivity contribution in [3.8, 4) is 0 Å². The number of rotatable bonds is 6. The van der Waals surface area contributed by atoms with Crippen molar-refractivity contribution in [3.05, 3.63) is 0 Å². The van der Waals surface area contributed by atoms with Gasteiger partial charge in [-0.1, -0.05) is 13.8 Å². The minimum atomic E-state index is -0.843. The van der Waals surface area contributed by atoms with Gasteiger partial charge >= 0.3 is 0 Å². The number of aliphatic hydroxyl groups excluding tert-OH is 2. The van der Waals surface area contributed by atoms with Gasteiger partial charge in [0.1, 0.15) is 6.10 Å². The summed E-state index contributed by atoms with van der Waals surface area (Å²) in [6.07, 6.45) is -1.64. The molecular formula is C16H30N2O5. The average molecular weight is 330 g/mol. The lowest BCUT2D eigenvalue weighted by Crippen LogP contribution is -2.51. The second kappa shape index (κ2) is 8.94. The number of nitrogens with zero attached hydrogens (tertiary/aromatic N) is 2. The van der Waals surface area contributed by atoms with E-state index in [4.69, 9.17) is 9.47 Å². The minimum absolute atomic E-state index is 0.0979. The third-order valence-electron chi connectivity index (χ3n) is 4.34. The van der Waals surface area contributed by atoms with Crippen LogP contribution in [0.1, 0.15) is 13.8 Å². The smallest absolute Gasteiger partial charge is 0.236 e. The highest BCUT2D eigenvalue weighted by Gasteiger charge is 2.33. The fraction of sp³-hybridized carbons (Fsp3) is 0.938. The monoisotopic (exact) mass is 330 g/mol. The second-order valence-corrected chi connectivity index (χ2v) is 6.94. The van der Waals surface area contributed by atoms with E-state index in [0.717, 1.165) is 6.54 Å². The number of ether oxygens (including phenoxy) is 2. The molecule has 0 aromatic rings. The number of carbonyl (C=O) groups is 1. The second-order valence-electron chi connectivity index (χ2n) is 6.94. The maximum absolute atomic E-state index is 12.5. The van der Waals surface area contributed by atoms with Crippen molar-refractivity contribution in [2.75, 3.05) is 59.2 Å². The van der Waals surface area contributed by atoms with Crippen LogP contribution in [0, 0.1) is 11.8 Å². The fourth-order valence-corrected chi connectivity index (χ4v) is 3.17. The highest BCUT2D eigenvalue weighted by Crippen LogP contribution is 2.17. The summed E-state index contributed by atoms with van der Waals surface area (Å²) < 4.78 is 10.6. The largest absolute Gasteiger partial charge is 0.390 e.